The van der Waals surface area contributed by atoms with Crippen LogP contribution in [0.4, 0.5) is 5.69 Å². The number of carbonyl (C=O) groups is 1. The highest BCUT2D eigenvalue weighted by molar-refractivity contribution is 5.95. The number of piperidine rings is 1. The summed E-state index contributed by atoms with van der Waals surface area (Å²) in [6.07, 6.45) is 6.80. The van der Waals surface area contributed by atoms with Crippen LogP contribution in [0.3, 0.4) is 0 Å². The van der Waals surface area contributed by atoms with Crippen LogP contribution in [0.5, 0.6) is 5.75 Å². The van der Waals surface area contributed by atoms with E-state index in [-0.39, 0.29) is 26.3 Å². The molecular formula is C15H19ClN2O2. The van der Waals surface area contributed by atoms with Crippen LogP contribution in [0.15, 0.2) is 24.3 Å². The number of amides is 1. The molecule has 0 atom stereocenters. The zero-order valence-electron chi connectivity index (χ0n) is 12.2. The van der Waals surface area contributed by atoms with E-state index >= 15 is 0 Å². The van der Waals surface area contributed by atoms with Crippen molar-refractivity contribution in [2.75, 3.05) is 25.0 Å². The van der Waals surface area contributed by atoms with Gasteiger partial charge in [-0.2, -0.15) is 0 Å². The third-order valence-corrected chi connectivity index (χ3v) is 3.58. The minimum atomic E-state index is -0.0908. The fourth-order valence-electron chi connectivity index (χ4n) is 2.49. The lowest BCUT2D eigenvalue weighted by atomic mass is 9.97. The first-order valence-corrected chi connectivity index (χ1v) is 6.77. The molecule has 1 saturated heterocycles. The summed E-state index contributed by atoms with van der Waals surface area (Å²) in [4.78, 5) is 11.3. The lowest BCUT2D eigenvalue weighted by Crippen LogP contribution is -3.00. The summed E-state index contributed by atoms with van der Waals surface area (Å²) in [6.45, 7) is 2.31. The fourth-order valence-corrected chi connectivity index (χ4v) is 2.49. The predicted octanol–water partition coefficient (Wildman–Crippen LogP) is -0.853. The van der Waals surface area contributed by atoms with Gasteiger partial charge in [-0.1, -0.05) is 18.2 Å². The monoisotopic (exact) mass is 294 g/mol. The largest absolute Gasteiger partial charge is 1.00 e. The molecule has 2 heterocycles. The fraction of sp³-hybridized carbons (Fsp3) is 0.400. The molecule has 1 fully saturated rings. The summed E-state index contributed by atoms with van der Waals surface area (Å²) in [6, 6.07) is 5.90. The topological polar surface area (TPSA) is 50.4 Å². The average Bonchev–Trinajstić information content (AvgIpc) is 2.46. The molecule has 1 amide bonds. The number of hydrogen-bond donors (Lipinski definition) is 2. The van der Waals surface area contributed by atoms with Gasteiger partial charge in [-0.3, -0.25) is 4.79 Å². The molecule has 0 aromatic heterocycles. The molecule has 2 N–H and O–H groups in total. The van der Waals surface area contributed by atoms with Crippen molar-refractivity contribution in [3.05, 3.63) is 29.8 Å². The first-order valence-electron chi connectivity index (χ1n) is 6.77. The summed E-state index contributed by atoms with van der Waals surface area (Å²) >= 11 is 0. The van der Waals surface area contributed by atoms with Crippen LogP contribution in [-0.4, -0.2) is 25.6 Å². The quantitative estimate of drug-likeness (QED) is 0.747. The minimum Gasteiger partial charge on any atom is -1.00 e. The van der Waals surface area contributed by atoms with Crippen LogP contribution >= 0.6 is 0 Å². The van der Waals surface area contributed by atoms with Gasteiger partial charge in [0.2, 0.25) is 0 Å². The van der Waals surface area contributed by atoms with Gasteiger partial charge in [0.15, 0.2) is 6.61 Å². The summed E-state index contributed by atoms with van der Waals surface area (Å²) in [5, 5.41) is 6.19. The van der Waals surface area contributed by atoms with Crippen LogP contribution in [0.25, 0.3) is 6.08 Å². The van der Waals surface area contributed by atoms with Crippen LogP contribution < -0.4 is 27.8 Å². The maximum atomic E-state index is 11.3. The molecule has 1 aromatic carbocycles. The molecule has 0 spiro atoms. The van der Waals surface area contributed by atoms with E-state index in [1.165, 1.54) is 12.8 Å². The van der Waals surface area contributed by atoms with Crippen molar-refractivity contribution in [1.29, 1.82) is 0 Å². The second-order valence-electron chi connectivity index (χ2n) is 5.04. The molecule has 0 saturated carbocycles. The maximum absolute atomic E-state index is 11.3. The second kappa shape index (κ2) is 6.77. The molecule has 4 nitrogen and oxygen atoms in total. The number of hydrogen-bond acceptors (Lipinski definition) is 3. The van der Waals surface area contributed by atoms with Gasteiger partial charge in [-0.25, -0.2) is 0 Å². The number of fused-ring (bicyclic) bond motifs is 1. The molecular weight excluding hydrogens is 276 g/mol. The number of nitrogens with one attached hydrogen (secondary N) is 2. The van der Waals surface area contributed by atoms with Crippen molar-refractivity contribution in [2.24, 2.45) is 5.92 Å². The summed E-state index contributed by atoms with van der Waals surface area (Å²) in [7, 11) is 0. The highest BCUT2D eigenvalue weighted by atomic mass is 35.5. The molecule has 5 heteroatoms. The molecule has 2 aliphatic rings. The summed E-state index contributed by atoms with van der Waals surface area (Å²) in [5.74, 6) is 1.31. The molecule has 0 bridgehead atoms. The van der Waals surface area contributed by atoms with E-state index < -0.39 is 0 Å². The second-order valence-corrected chi connectivity index (χ2v) is 5.04. The molecule has 20 heavy (non-hydrogen) atoms. The van der Waals surface area contributed by atoms with Crippen LogP contribution in [0.2, 0.25) is 0 Å². The summed E-state index contributed by atoms with van der Waals surface area (Å²) in [5.41, 5.74) is 1.87. The smallest absolute Gasteiger partial charge is 1.00 e. The van der Waals surface area contributed by atoms with Crippen molar-refractivity contribution in [3.63, 3.8) is 0 Å². The molecule has 2 aliphatic heterocycles. The van der Waals surface area contributed by atoms with E-state index in [0.717, 1.165) is 30.1 Å². The number of halogens is 1. The number of rotatable bonds is 2. The van der Waals surface area contributed by atoms with E-state index in [0.29, 0.717) is 5.92 Å². The van der Waals surface area contributed by atoms with Gasteiger partial charge in [0.05, 0.1) is 5.69 Å². The van der Waals surface area contributed by atoms with Crippen molar-refractivity contribution in [1.82, 2.24) is 5.32 Å². The molecule has 3 rings (SSSR count). The van der Waals surface area contributed by atoms with Crippen LogP contribution in [0, 0.1) is 5.92 Å². The van der Waals surface area contributed by atoms with Gasteiger partial charge in [-0.05, 0) is 49.5 Å². The Morgan fingerprint density at radius 2 is 2.10 bits per heavy atom. The molecule has 0 aliphatic carbocycles. The average molecular weight is 295 g/mol. The molecule has 1 aromatic rings. The Bertz CT molecular complexity index is 516. The SMILES string of the molecule is O=C1COc2ccc(/C=C\C3CCNCC3)cc2N1.[Cl-].[H+]. The Kier molecular flexibility index (Phi) is 5.04. The van der Waals surface area contributed by atoms with E-state index in [9.17, 15) is 4.79 Å². The van der Waals surface area contributed by atoms with Gasteiger partial charge in [-0.15, -0.1) is 0 Å². The van der Waals surface area contributed by atoms with Gasteiger partial charge in [0, 0.05) is 0 Å². The van der Waals surface area contributed by atoms with Crippen LogP contribution in [0.1, 0.15) is 19.8 Å². The Balaban J connectivity index is 0.00000110. The van der Waals surface area contributed by atoms with Gasteiger partial charge < -0.3 is 27.8 Å². The van der Waals surface area contributed by atoms with Crippen LogP contribution in [-0.2, 0) is 4.79 Å². The van der Waals surface area contributed by atoms with Crippen molar-refractivity contribution in [3.8, 4) is 5.75 Å². The van der Waals surface area contributed by atoms with E-state index in [1.54, 1.807) is 0 Å². The molecule has 0 unspecified atom stereocenters. The maximum Gasteiger partial charge on any atom is 1.00 e. The van der Waals surface area contributed by atoms with E-state index in [2.05, 4.69) is 22.8 Å². The predicted molar refractivity (Wildman–Crippen MR) is 76.3 cm³/mol. The lowest BCUT2D eigenvalue weighted by Gasteiger charge is -2.20. The van der Waals surface area contributed by atoms with Crippen molar-refractivity contribution in [2.45, 2.75) is 12.8 Å². The zero-order chi connectivity index (χ0) is 13.1. The molecule has 108 valence electrons. The molecule has 0 radical (unpaired) electrons. The highest BCUT2D eigenvalue weighted by Gasteiger charge is 2.15. The highest BCUT2D eigenvalue weighted by Crippen LogP contribution is 2.29. The number of anilines is 1. The Morgan fingerprint density at radius 3 is 2.90 bits per heavy atom. The zero-order valence-corrected chi connectivity index (χ0v) is 12.0. The van der Waals surface area contributed by atoms with Crippen molar-refractivity contribution < 1.29 is 23.4 Å². The lowest BCUT2D eigenvalue weighted by molar-refractivity contribution is -0.118. The normalized spacial score (nSPS) is 18.9. The van der Waals surface area contributed by atoms with Gasteiger partial charge >= 0.3 is 1.43 Å². The number of benzene rings is 1. The van der Waals surface area contributed by atoms with E-state index in [4.69, 9.17) is 4.74 Å². The number of allylic oxidation sites excluding steroid dienone is 1. The van der Waals surface area contributed by atoms with E-state index in [1.807, 2.05) is 18.2 Å². The van der Waals surface area contributed by atoms with Crippen molar-refractivity contribution >= 4 is 17.7 Å². The third kappa shape index (κ3) is 3.52. The standard InChI is InChI=1S/C15H18N2O2.ClH/c18-15-10-19-14-4-3-12(9-13(14)17-15)2-1-11-5-7-16-8-6-11;/h1-4,9,11,16H,5-8,10H2,(H,17,18);1H/b2-1-;. The minimum absolute atomic E-state index is 0. The number of ether oxygens (including phenoxy) is 1. The van der Waals surface area contributed by atoms with Gasteiger partial charge in [0.25, 0.3) is 5.91 Å². The Labute approximate surface area is 126 Å². The Morgan fingerprint density at radius 1 is 1.30 bits per heavy atom. The Hall–Kier alpha value is -1.52. The van der Waals surface area contributed by atoms with Gasteiger partial charge in [0.1, 0.15) is 5.75 Å². The summed E-state index contributed by atoms with van der Waals surface area (Å²) < 4.78 is 5.34. The first kappa shape index (κ1) is 14.9. The first-order chi connectivity index (χ1) is 9.31. The number of carbonyl (C=O) groups excluding carboxylic acids is 1. The third-order valence-electron chi connectivity index (χ3n) is 3.58.